The van der Waals surface area contributed by atoms with E-state index < -0.39 is 0 Å². The molecule has 1 atom stereocenters. The Labute approximate surface area is 111 Å². The van der Waals surface area contributed by atoms with Crippen LogP contribution in [0.15, 0.2) is 22.7 Å². The van der Waals surface area contributed by atoms with Crippen LogP contribution in [0.1, 0.15) is 30.5 Å². The minimum absolute atomic E-state index is 0.356. The SMILES string of the molecule is CC1(CNC2CCc3c(Br)cccc32)COC1. The second-order valence-corrected chi connectivity index (χ2v) is 6.44. The van der Waals surface area contributed by atoms with Crippen LogP contribution < -0.4 is 5.32 Å². The Morgan fingerprint density at radius 2 is 2.29 bits per heavy atom. The number of hydrogen-bond donors (Lipinski definition) is 1. The average Bonchev–Trinajstić information content (AvgIpc) is 2.69. The van der Waals surface area contributed by atoms with Gasteiger partial charge in [0.05, 0.1) is 13.2 Å². The van der Waals surface area contributed by atoms with Crippen molar-refractivity contribution in [2.24, 2.45) is 5.41 Å². The van der Waals surface area contributed by atoms with E-state index in [1.54, 1.807) is 0 Å². The number of benzene rings is 1. The summed E-state index contributed by atoms with van der Waals surface area (Å²) >= 11 is 3.64. The van der Waals surface area contributed by atoms with Crippen LogP contribution in [-0.2, 0) is 11.2 Å². The normalized spacial score (nSPS) is 25.4. The van der Waals surface area contributed by atoms with Crippen LogP contribution in [0.4, 0.5) is 0 Å². The fourth-order valence-corrected chi connectivity index (χ4v) is 3.32. The molecule has 17 heavy (non-hydrogen) atoms. The summed E-state index contributed by atoms with van der Waals surface area (Å²) in [6.45, 7) is 5.15. The van der Waals surface area contributed by atoms with E-state index in [1.807, 2.05) is 0 Å². The van der Waals surface area contributed by atoms with E-state index in [9.17, 15) is 0 Å². The largest absolute Gasteiger partial charge is 0.380 e. The summed E-state index contributed by atoms with van der Waals surface area (Å²) in [4.78, 5) is 0. The highest BCUT2D eigenvalue weighted by molar-refractivity contribution is 9.10. The Morgan fingerprint density at radius 1 is 1.47 bits per heavy atom. The molecule has 1 unspecified atom stereocenters. The predicted octanol–water partition coefficient (Wildman–Crippen LogP) is 3.06. The summed E-state index contributed by atoms with van der Waals surface area (Å²) in [5.41, 5.74) is 3.32. The first kappa shape index (κ1) is 11.7. The molecule has 1 aromatic rings. The van der Waals surface area contributed by atoms with Gasteiger partial charge in [-0.25, -0.2) is 0 Å². The molecule has 0 radical (unpaired) electrons. The van der Waals surface area contributed by atoms with Crippen LogP contribution in [0.25, 0.3) is 0 Å². The summed E-state index contributed by atoms with van der Waals surface area (Å²) in [5, 5.41) is 3.71. The van der Waals surface area contributed by atoms with Crippen molar-refractivity contribution < 1.29 is 4.74 Å². The summed E-state index contributed by atoms with van der Waals surface area (Å²) in [5.74, 6) is 0. The molecule has 0 spiro atoms. The lowest BCUT2D eigenvalue weighted by molar-refractivity contribution is -0.100. The molecule has 2 aliphatic rings. The predicted molar refractivity (Wildman–Crippen MR) is 72.1 cm³/mol. The molecular weight excluding hydrogens is 278 g/mol. The molecule has 1 heterocycles. The minimum atomic E-state index is 0.356. The summed E-state index contributed by atoms with van der Waals surface area (Å²) < 4.78 is 6.56. The van der Waals surface area contributed by atoms with E-state index >= 15 is 0 Å². The van der Waals surface area contributed by atoms with Crippen molar-refractivity contribution in [1.29, 1.82) is 0 Å². The molecule has 1 fully saturated rings. The standard InChI is InChI=1S/C14H18BrNO/c1-14(8-17-9-14)7-16-13-6-5-10-11(13)3-2-4-12(10)15/h2-4,13,16H,5-9H2,1H3. The first-order valence-corrected chi connectivity index (χ1v) is 7.06. The van der Waals surface area contributed by atoms with Crippen LogP contribution in [0.2, 0.25) is 0 Å². The summed E-state index contributed by atoms with van der Waals surface area (Å²) in [6, 6.07) is 7.06. The van der Waals surface area contributed by atoms with Crippen LogP contribution in [-0.4, -0.2) is 19.8 Å². The van der Waals surface area contributed by atoms with E-state index in [4.69, 9.17) is 4.74 Å². The van der Waals surface area contributed by atoms with Gasteiger partial charge >= 0.3 is 0 Å². The number of halogens is 1. The van der Waals surface area contributed by atoms with E-state index in [0.29, 0.717) is 11.5 Å². The molecule has 3 heteroatoms. The first-order chi connectivity index (χ1) is 8.18. The number of rotatable bonds is 3. The van der Waals surface area contributed by atoms with Gasteiger partial charge in [0.2, 0.25) is 0 Å². The third-order valence-corrected chi connectivity index (χ3v) is 4.63. The second-order valence-electron chi connectivity index (χ2n) is 5.58. The quantitative estimate of drug-likeness (QED) is 0.925. The number of ether oxygens (including phenoxy) is 1. The Balaban J connectivity index is 1.69. The first-order valence-electron chi connectivity index (χ1n) is 6.26. The van der Waals surface area contributed by atoms with Crippen molar-refractivity contribution in [2.75, 3.05) is 19.8 Å². The molecule has 1 aromatic carbocycles. The monoisotopic (exact) mass is 295 g/mol. The van der Waals surface area contributed by atoms with Gasteiger partial charge in [-0.3, -0.25) is 0 Å². The van der Waals surface area contributed by atoms with Gasteiger partial charge in [-0.05, 0) is 30.0 Å². The van der Waals surface area contributed by atoms with Gasteiger partial charge in [-0.15, -0.1) is 0 Å². The molecule has 1 aliphatic heterocycles. The Bertz CT molecular complexity index is 428. The third-order valence-electron chi connectivity index (χ3n) is 3.89. The molecule has 0 amide bonds. The zero-order valence-corrected chi connectivity index (χ0v) is 11.7. The zero-order chi connectivity index (χ0) is 11.9. The van der Waals surface area contributed by atoms with Crippen molar-refractivity contribution in [2.45, 2.75) is 25.8 Å². The molecule has 3 rings (SSSR count). The Kier molecular flexibility index (Phi) is 3.01. The molecule has 1 N–H and O–H groups in total. The maximum Gasteiger partial charge on any atom is 0.0554 e. The average molecular weight is 296 g/mol. The maximum absolute atomic E-state index is 5.29. The van der Waals surface area contributed by atoms with E-state index in [2.05, 4.69) is 46.4 Å². The number of fused-ring (bicyclic) bond motifs is 1. The van der Waals surface area contributed by atoms with Crippen LogP contribution in [0.5, 0.6) is 0 Å². The van der Waals surface area contributed by atoms with Crippen LogP contribution >= 0.6 is 15.9 Å². The molecule has 1 aliphatic carbocycles. The highest BCUT2D eigenvalue weighted by Gasteiger charge is 2.34. The molecule has 0 bridgehead atoms. The summed E-state index contributed by atoms with van der Waals surface area (Å²) in [6.07, 6.45) is 2.40. The fraction of sp³-hybridized carbons (Fsp3) is 0.571. The zero-order valence-electron chi connectivity index (χ0n) is 10.1. The number of nitrogens with one attached hydrogen (secondary N) is 1. The van der Waals surface area contributed by atoms with E-state index in [-0.39, 0.29) is 0 Å². The van der Waals surface area contributed by atoms with Gasteiger partial charge in [0, 0.05) is 22.5 Å². The van der Waals surface area contributed by atoms with E-state index in [0.717, 1.165) is 19.8 Å². The van der Waals surface area contributed by atoms with Gasteiger partial charge in [-0.1, -0.05) is 35.0 Å². The molecule has 0 saturated carbocycles. The smallest absolute Gasteiger partial charge is 0.0554 e. The number of hydrogen-bond acceptors (Lipinski definition) is 2. The topological polar surface area (TPSA) is 21.3 Å². The van der Waals surface area contributed by atoms with Crippen molar-refractivity contribution in [1.82, 2.24) is 5.32 Å². The van der Waals surface area contributed by atoms with Crippen LogP contribution in [0, 0.1) is 5.41 Å². The molecule has 0 aromatic heterocycles. The van der Waals surface area contributed by atoms with Gasteiger partial charge in [0.15, 0.2) is 0 Å². The van der Waals surface area contributed by atoms with Crippen molar-refractivity contribution >= 4 is 15.9 Å². The highest BCUT2D eigenvalue weighted by Crippen LogP contribution is 2.36. The lowest BCUT2D eigenvalue weighted by Crippen LogP contribution is -2.47. The molecular formula is C14H18BrNO. The minimum Gasteiger partial charge on any atom is -0.380 e. The maximum atomic E-state index is 5.29. The van der Waals surface area contributed by atoms with E-state index in [1.165, 1.54) is 28.4 Å². The Morgan fingerprint density at radius 3 is 3.00 bits per heavy atom. The van der Waals surface area contributed by atoms with Crippen LogP contribution in [0.3, 0.4) is 0 Å². The summed E-state index contributed by atoms with van der Waals surface area (Å²) in [7, 11) is 0. The van der Waals surface area contributed by atoms with Gasteiger partial charge in [0.25, 0.3) is 0 Å². The van der Waals surface area contributed by atoms with Gasteiger partial charge in [0.1, 0.15) is 0 Å². The highest BCUT2D eigenvalue weighted by atomic mass is 79.9. The second kappa shape index (κ2) is 4.38. The molecule has 92 valence electrons. The van der Waals surface area contributed by atoms with Crippen molar-refractivity contribution in [3.8, 4) is 0 Å². The van der Waals surface area contributed by atoms with Crippen molar-refractivity contribution in [3.05, 3.63) is 33.8 Å². The van der Waals surface area contributed by atoms with Gasteiger partial charge < -0.3 is 10.1 Å². The molecule has 2 nitrogen and oxygen atoms in total. The Hall–Kier alpha value is -0.380. The van der Waals surface area contributed by atoms with Gasteiger partial charge in [-0.2, -0.15) is 0 Å². The third kappa shape index (κ3) is 2.16. The molecule has 1 saturated heterocycles. The van der Waals surface area contributed by atoms with Crippen molar-refractivity contribution in [3.63, 3.8) is 0 Å². The fourth-order valence-electron chi connectivity index (χ4n) is 2.74. The lowest BCUT2D eigenvalue weighted by Gasteiger charge is -2.39. The lowest BCUT2D eigenvalue weighted by atomic mass is 9.88.